The van der Waals surface area contributed by atoms with Crippen LogP contribution in [-0.4, -0.2) is 26.2 Å². The van der Waals surface area contributed by atoms with E-state index < -0.39 is 0 Å². The molecule has 0 fully saturated rings. The Morgan fingerprint density at radius 1 is 0.968 bits per heavy atom. The van der Waals surface area contributed by atoms with Crippen molar-refractivity contribution in [1.29, 1.82) is 0 Å². The van der Waals surface area contributed by atoms with Gasteiger partial charge in [0.1, 0.15) is 11.5 Å². The maximum Gasteiger partial charge on any atom is 0.271 e. The van der Waals surface area contributed by atoms with Crippen molar-refractivity contribution in [3.8, 4) is 34.1 Å². The monoisotopic (exact) mass is 416 g/mol. The lowest BCUT2D eigenvalue weighted by Crippen LogP contribution is -2.21. The van der Waals surface area contributed by atoms with E-state index in [4.69, 9.17) is 9.84 Å². The van der Waals surface area contributed by atoms with E-state index in [1.54, 1.807) is 18.2 Å². The number of rotatable bonds is 3. The zero-order valence-electron chi connectivity index (χ0n) is 17.1. The Morgan fingerprint density at radius 3 is 2.58 bits per heavy atom. The Hall–Kier alpha value is -3.74. The van der Waals surface area contributed by atoms with Crippen LogP contribution >= 0.6 is 0 Å². The SMILES string of the molecule is Cc1ccccc1-n1nc(-c2c(-c3ccc(F)cc3)nn3c2OCCCC3)ccc1=O. The fraction of sp³-hybridized carbons (Fsp3) is 0.208. The molecule has 156 valence electrons. The summed E-state index contributed by atoms with van der Waals surface area (Å²) < 4.78 is 22.8. The number of hydrogen-bond acceptors (Lipinski definition) is 4. The minimum Gasteiger partial charge on any atom is -0.477 e. The molecule has 0 spiro atoms. The Balaban J connectivity index is 1.74. The van der Waals surface area contributed by atoms with E-state index in [2.05, 4.69) is 5.10 Å². The summed E-state index contributed by atoms with van der Waals surface area (Å²) in [6.45, 7) is 3.25. The van der Waals surface area contributed by atoms with Gasteiger partial charge in [0.25, 0.3) is 5.56 Å². The maximum atomic E-state index is 13.5. The summed E-state index contributed by atoms with van der Waals surface area (Å²) in [5.41, 5.74) is 4.13. The van der Waals surface area contributed by atoms with Crippen molar-refractivity contribution in [2.24, 2.45) is 0 Å². The van der Waals surface area contributed by atoms with Gasteiger partial charge in [0.05, 0.1) is 23.6 Å². The first-order valence-electron chi connectivity index (χ1n) is 10.3. The molecule has 31 heavy (non-hydrogen) atoms. The van der Waals surface area contributed by atoms with E-state index in [0.29, 0.717) is 29.4 Å². The Bertz CT molecular complexity index is 1310. The van der Waals surface area contributed by atoms with Crippen LogP contribution in [0, 0.1) is 12.7 Å². The number of fused-ring (bicyclic) bond motifs is 1. The van der Waals surface area contributed by atoms with Gasteiger partial charge in [-0.1, -0.05) is 18.2 Å². The van der Waals surface area contributed by atoms with Crippen LogP contribution in [0.4, 0.5) is 4.39 Å². The third-order valence-electron chi connectivity index (χ3n) is 5.43. The molecule has 0 radical (unpaired) electrons. The van der Waals surface area contributed by atoms with Gasteiger partial charge in [0.15, 0.2) is 0 Å². The molecule has 0 atom stereocenters. The van der Waals surface area contributed by atoms with Gasteiger partial charge >= 0.3 is 0 Å². The van der Waals surface area contributed by atoms with Crippen molar-refractivity contribution in [3.63, 3.8) is 0 Å². The topological polar surface area (TPSA) is 61.9 Å². The van der Waals surface area contributed by atoms with E-state index >= 15 is 0 Å². The second-order valence-electron chi connectivity index (χ2n) is 7.57. The summed E-state index contributed by atoms with van der Waals surface area (Å²) in [5, 5.41) is 9.46. The van der Waals surface area contributed by atoms with E-state index in [-0.39, 0.29) is 11.4 Å². The molecule has 0 bridgehead atoms. The van der Waals surface area contributed by atoms with E-state index in [9.17, 15) is 9.18 Å². The second-order valence-corrected chi connectivity index (χ2v) is 7.57. The number of aryl methyl sites for hydroxylation is 2. The molecule has 3 heterocycles. The lowest BCUT2D eigenvalue weighted by Gasteiger charge is -2.11. The van der Waals surface area contributed by atoms with Gasteiger partial charge in [-0.15, -0.1) is 0 Å². The number of aromatic nitrogens is 4. The first kappa shape index (κ1) is 19.2. The van der Waals surface area contributed by atoms with Crippen molar-refractivity contribution in [3.05, 3.63) is 82.4 Å². The third kappa shape index (κ3) is 3.52. The fourth-order valence-electron chi connectivity index (χ4n) is 3.84. The Labute approximate surface area is 178 Å². The normalized spacial score (nSPS) is 13.4. The van der Waals surface area contributed by atoms with Crippen LogP contribution in [0.2, 0.25) is 0 Å². The quantitative estimate of drug-likeness (QED) is 0.497. The molecule has 0 amide bonds. The number of hydrogen-bond donors (Lipinski definition) is 0. The number of para-hydroxylation sites is 1. The molecule has 0 saturated heterocycles. The molecule has 0 unspecified atom stereocenters. The standard InChI is InChI=1S/C24H21FN4O2/c1-16-6-2-3-7-20(16)29-21(30)13-12-19(26-29)22-23(17-8-10-18(25)11-9-17)27-28-14-4-5-15-31-24(22)28/h2-3,6-13H,4-5,14-15H2,1H3. The second kappa shape index (κ2) is 7.83. The highest BCUT2D eigenvalue weighted by Gasteiger charge is 2.25. The average molecular weight is 416 g/mol. The largest absolute Gasteiger partial charge is 0.477 e. The number of benzene rings is 2. The van der Waals surface area contributed by atoms with Gasteiger partial charge in [-0.3, -0.25) is 4.79 Å². The lowest BCUT2D eigenvalue weighted by atomic mass is 10.1. The summed E-state index contributed by atoms with van der Waals surface area (Å²) >= 11 is 0. The molecule has 1 aliphatic heterocycles. The fourth-order valence-corrected chi connectivity index (χ4v) is 3.84. The molecular weight excluding hydrogens is 395 g/mol. The van der Waals surface area contributed by atoms with Gasteiger partial charge < -0.3 is 4.74 Å². The van der Waals surface area contributed by atoms with Crippen LogP contribution in [0.5, 0.6) is 5.88 Å². The maximum absolute atomic E-state index is 13.5. The molecule has 2 aromatic heterocycles. The van der Waals surface area contributed by atoms with Crippen LogP contribution < -0.4 is 10.3 Å². The summed E-state index contributed by atoms with van der Waals surface area (Å²) in [4.78, 5) is 12.6. The molecule has 0 N–H and O–H groups in total. The van der Waals surface area contributed by atoms with E-state index in [1.165, 1.54) is 22.9 Å². The first-order chi connectivity index (χ1) is 15.1. The number of ether oxygens (including phenoxy) is 1. The van der Waals surface area contributed by atoms with Crippen molar-refractivity contribution in [2.75, 3.05) is 6.61 Å². The molecule has 5 rings (SSSR count). The predicted octanol–water partition coefficient (Wildman–Crippen LogP) is 4.38. The summed E-state index contributed by atoms with van der Waals surface area (Å²) in [7, 11) is 0. The highest BCUT2D eigenvalue weighted by Crippen LogP contribution is 2.39. The Kier molecular flexibility index (Phi) is 4.86. The molecule has 0 saturated carbocycles. The summed E-state index contributed by atoms with van der Waals surface area (Å²) in [5.74, 6) is 0.313. The van der Waals surface area contributed by atoms with Gasteiger partial charge in [-0.2, -0.15) is 14.9 Å². The lowest BCUT2D eigenvalue weighted by molar-refractivity contribution is 0.304. The van der Waals surface area contributed by atoms with Crippen LogP contribution in [0.25, 0.3) is 28.2 Å². The molecule has 4 aromatic rings. The zero-order valence-corrected chi connectivity index (χ0v) is 17.1. The number of halogens is 1. The third-order valence-corrected chi connectivity index (χ3v) is 5.43. The van der Waals surface area contributed by atoms with Crippen molar-refractivity contribution in [1.82, 2.24) is 19.6 Å². The average Bonchev–Trinajstić information content (AvgIpc) is 2.97. The summed E-state index contributed by atoms with van der Waals surface area (Å²) in [6, 6.07) is 17.0. The minimum absolute atomic E-state index is 0.222. The molecule has 1 aliphatic rings. The highest BCUT2D eigenvalue weighted by molar-refractivity contribution is 5.83. The van der Waals surface area contributed by atoms with E-state index in [1.807, 2.05) is 35.9 Å². The van der Waals surface area contributed by atoms with Crippen molar-refractivity contribution in [2.45, 2.75) is 26.3 Å². The molecule has 7 heteroatoms. The number of nitrogens with zero attached hydrogens (tertiary/aromatic N) is 4. The van der Waals surface area contributed by atoms with Crippen molar-refractivity contribution >= 4 is 0 Å². The smallest absolute Gasteiger partial charge is 0.271 e. The van der Waals surface area contributed by atoms with Gasteiger partial charge in [0, 0.05) is 18.2 Å². The molecule has 2 aromatic carbocycles. The highest BCUT2D eigenvalue weighted by atomic mass is 19.1. The minimum atomic E-state index is -0.312. The van der Waals surface area contributed by atoms with Crippen LogP contribution in [-0.2, 0) is 6.54 Å². The van der Waals surface area contributed by atoms with E-state index in [0.717, 1.165) is 36.2 Å². The van der Waals surface area contributed by atoms with Gasteiger partial charge in [-0.25, -0.2) is 9.07 Å². The van der Waals surface area contributed by atoms with Crippen LogP contribution in [0.3, 0.4) is 0 Å². The summed E-state index contributed by atoms with van der Waals surface area (Å²) in [6.07, 6.45) is 1.89. The Morgan fingerprint density at radius 2 is 1.77 bits per heavy atom. The van der Waals surface area contributed by atoms with Crippen molar-refractivity contribution < 1.29 is 9.13 Å². The van der Waals surface area contributed by atoms with Gasteiger partial charge in [-0.05, 0) is 61.7 Å². The predicted molar refractivity (Wildman–Crippen MR) is 116 cm³/mol. The molecule has 0 aliphatic carbocycles. The van der Waals surface area contributed by atoms with Crippen LogP contribution in [0.1, 0.15) is 18.4 Å². The van der Waals surface area contributed by atoms with Gasteiger partial charge in [0.2, 0.25) is 5.88 Å². The molecule has 6 nitrogen and oxygen atoms in total. The van der Waals surface area contributed by atoms with Crippen LogP contribution in [0.15, 0.2) is 65.5 Å². The first-order valence-corrected chi connectivity index (χ1v) is 10.3. The molecular formula is C24H21FN4O2. The zero-order chi connectivity index (χ0) is 21.4.